The highest BCUT2D eigenvalue weighted by Crippen LogP contribution is 2.69. The van der Waals surface area contributed by atoms with Crippen molar-refractivity contribution in [2.45, 2.75) is 46.1 Å². The molecule has 0 aliphatic heterocycles. The zero-order valence-corrected chi connectivity index (χ0v) is 12.4. The summed E-state index contributed by atoms with van der Waals surface area (Å²) in [4.78, 5) is 22.6. The number of allylic oxidation sites excluding steroid dienone is 2. The van der Waals surface area contributed by atoms with E-state index in [-0.39, 0.29) is 11.7 Å². The molecule has 0 bridgehead atoms. The first-order chi connectivity index (χ1) is 9.03. The van der Waals surface area contributed by atoms with Crippen LogP contribution in [0.2, 0.25) is 0 Å². The van der Waals surface area contributed by atoms with Gasteiger partial charge in [-0.15, -0.1) is 0 Å². The van der Waals surface area contributed by atoms with Crippen molar-refractivity contribution in [1.29, 1.82) is 0 Å². The Labute approximate surface area is 119 Å². The largest absolute Gasteiger partial charge is 0.478 e. The topological polar surface area (TPSA) is 74.6 Å². The molecule has 110 valence electrons. The minimum absolute atomic E-state index is 0.0612. The zero-order valence-electron chi connectivity index (χ0n) is 12.4. The third-order valence-electron chi connectivity index (χ3n) is 5.08. The Hall–Kier alpha value is -1.42. The molecule has 2 saturated carbocycles. The van der Waals surface area contributed by atoms with E-state index in [1.165, 1.54) is 0 Å². The number of ketones is 1. The first-order valence-corrected chi connectivity index (χ1v) is 6.89. The van der Waals surface area contributed by atoms with Crippen molar-refractivity contribution in [3.8, 4) is 0 Å². The fourth-order valence-electron chi connectivity index (χ4n) is 3.63. The molecule has 20 heavy (non-hydrogen) atoms. The summed E-state index contributed by atoms with van der Waals surface area (Å²) in [6, 6.07) is 0. The summed E-state index contributed by atoms with van der Waals surface area (Å²) in [6.45, 7) is 7.41. The van der Waals surface area contributed by atoms with Crippen LogP contribution >= 0.6 is 0 Å². The monoisotopic (exact) mass is 278 g/mol. The third kappa shape index (κ3) is 2.03. The summed E-state index contributed by atoms with van der Waals surface area (Å²) in [7, 11) is 0. The minimum atomic E-state index is -1.09. The lowest BCUT2D eigenvalue weighted by Gasteiger charge is -2.48. The van der Waals surface area contributed by atoms with Crippen LogP contribution < -0.4 is 0 Å². The second-order valence-corrected chi connectivity index (χ2v) is 7.03. The van der Waals surface area contributed by atoms with Crippen molar-refractivity contribution >= 4 is 11.8 Å². The van der Waals surface area contributed by atoms with Gasteiger partial charge in [0.1, 0.15) is 5.78 Å². The highest BCUT2D eigenvalue weighted by atomic mass is 16.4. The second kappa shape index (κ2) is 4.29. The van der Waals surface area contributed by atoms with Gasteiger partial charge in [0, 0.05) is 29.2 Å². The van der Waals surface area contributed by atoms with E-state index >= 15 is 0 Å². The van der Waals surface area contributed by atoms with Gasteiger partial charge in [0.2, 0.25) is 0 Å². The Morgan fingerprint density at radius 2 is 1.95 bits per heavy atom. The Kier molecular flexibility index (Phi) is 3.21. The molecule has 0 heterocycles. The second-order valence-electron chi connectivity index (χ2n) is 7.03. The molecular weight excluding hydrogens is 256 g/mol. The van der Waals surface area contributed by atoms with Crippen LogP contribution in [0.25, 0.3) is 0 Å². The summed E-state index contributed by atoms with van der Waals surface area (Å²) in [5.74, 6) is -0.838. The fourth-order valence-corrected chi connectivity index (χ4v) is 3.63. The Morgan fingerprint density at radius 1 is 1.35 bits per heavy atom. The maximum atomic E-state index is 12.0. The lowest BCUT2D eigenvalue weighted by molar-refractivity contribution is -0.144. The smallest absolute Gasteiger partial charge is 0.328 e. The van der Waals surface area contributed by atoms with Crippen molar-refractivity contribution in [3.63, 3.8) is 0 Å². The van der Waals surface area contributed by atoms with E-state index in [1.54, 1.807) is 19.1 Å². The van der Waals surface area contributed by atoms with Gasteiger partial charge < -0.3 is 10.2 Å². The van der Waals surface area contributed by atoms with Crippen LogP contribution in [0.15, 0.2) is 23.8 Å². The highest BCUT2D eigenvalue weighted by Gasteiger charge is 2.72. The van der Waals surface area contributed by atoms with E-state index in [2.05, 4.69) is 0 Å². The molecule has 0 radical (unpaired) electrons. The molecule has 4 heteroatoms. The molecule has 0 aromatic carbocycles. The number of Topliss-reactive ketones (excluding diaryl/α,β-unsaturated/α-hetero) is 1. The van der Waals surface area contributed by atoms with Crippen molar-refractivity contribution in [1.82, 2.24) is 0 Å². The SMILES string of the molecule is CC(=C/C(=O)O)/C=C/[C@@]1(O)C(C)(C)CC(=O)[C@@H]2C[C@@]21C. The lowest BCUT2D eigenvalue weighted by Crippen LogP contribution is -2.54. The Balaban J connectivity index is 2.35. The maximum Gasteiger partial charge on any atom is 0.328 e. The van der Waals surface area contributed by atoms with Crippen molar-refractivity contribution in [2.24, 2.45) is 16.7 Å². The van der Waals surface area contributed by atoms with Gasteiger partial charge in [-0.1, -0.05) is 32.9 Å². The van der Waals surface area contributed by atoms with Crippen molar-refractivity contribution in [2.75, 3.05) is 0 Å². The van der Waals surface area contributed by atoms with E-state index in [0.717, 1.165) is 6.08 Å². The zero-order chi connectivity index (χ0) is 15.3. The number of carbonyl (C=O) groups is 2. The highest BCUT2D eigenvalue weighted by molar-refractivity contribution is 5.87. The van der Waals surface area contributed by atoms with Gasteiger partial charge in [-0.25, -0.2) is 4.79 Å². The molecular formula is C16H22O4. The molecule has 0 aromatic heterocycles. The predicted octanol–water partition coefficient (Wildman–Crippen LogP) is 2.33. The number of fused-ring (bicyclic) bond motifs is 1. The van der Waals surface area contributed by atoms with Crippen LogP contribution in [-0.4, -0.2) is 27.6 Å². The molecule has 3 atom stereocenters. The van der Waals surface area contributed by atoms with Gasteiger partial charge in [-0.05, 0) is 18.9 Å². The van der Waals surface area contributed by atoms with E-state index < -0.39 is 22.4 Å². The number of hydrogen-bond acceptors (Lipinski definition) is 3. The molecule has 2 aliphatic carbocycles. The number of rotatable bonds is 3. The van der Waals surface area contributed by atoms with E-state index in [4.69, 9.17) is 5.11 Å². The number of aliphatic hydroxyl groups is 1. The minimum Gasteiger partial charge on any atom is -0.478 e. The maximum absolute atomic E-state index is 12.0. The summed E-state index contributed by atoms with van der Waals surface area (Å²) in [5.41, 5.74) is -1.50. The summed E-state index contributed by atoms with van der Waals surface area (Å²) in [5, 5.41) is 19.9. The quantitative estimate of drug-likeness (QED) is 0.613. The number of carbonyl (C=O) groups excluding carboxylic acids is 1. The molecule has 0 aromatic rings. The predicted molar refractivity (Wildman–Crippen MR) is 75.1 cm³/mol. The number of aliphatic carboxylic acids is 1. The summed E-state index contributed by atoms with van der Waals surface area (Å²) < 4.78 is 0. The van der Waals surface area contributed by atoms with Crippen molar-refractivity contribution in [3.05, 3.63) is 23.8 Å². The van der Waals surface area contributed by atoms with Crippen LogP contribution in [0.4, 0.5) is 0 Å². The summed E-state index contributed by atoms with van der Waals surface area (Å²) in [6.07, 6.45) is 5.50. The average molecular weight is 278 g/mol. The molecule has 0 saturated heterocycles. The van der Waals surface area contributed by atoms with Gasteiger partial charge in [0.05, 0.1) is 5.60 Å². The molecule has 0 unspecified atom stereocenters. The number of carboxylic acid groups (broad SMARTS) is 1. The third-order valence-corrected chi connectivity index (χ3v) is 5.08. The van der Waals surface area contributed by atoms with E-state index in [9.17, 15) is 14.7 Å². The van der Waals surface area contributed by atoms with Crippen LogP contribution in [0.1, 0.15) is 40.5 Å². The molecule has 2 N–H and O–H groups in total. The normalized spacial score (nSPS) is 39.8. The lowest BCUT2D eigenvalue weighted by atomic mass is 9.59. The van der Waals surface area contributed by atoms with Crippen LogP contribution in [0, 0.1) is 16.7 Å². The molecule has 0 amide bonds. The molecule has 2 rings (SSSR count). The Morgan fingerprint density at radius 3 is 2.50 bits per heavy atom. The van der Waals surface area contributed by atoms with Crippen LogP contribution in [-0.2, 0) is 9.59 Å². The van der Waals surface area contributed by atoms with Gasteiger partial charge in [0.25, 0.3) is 0 Å². The fraction of sp³-hybridized carbons (Fsp3) is 0.625. The number of carboxylic acids is 1. The first-order valence-electron chi connectivity index (χ1n) is 6.89. The van der Waals surface area contributed by atoms with Crippen molar-refractivity contribution < 1.29 is 19.8 Å². The van der Waals surface area contributed by atoms with Gasteiger partial charge >= 0.3 is 5.97 Å². The summed E-state index contributed by atoms with van der Waals surface area (Å²) >= 11 is 0. The van der Waals surface area contributed by atoms with Gasteiger partial charge in [-0.3, -0.25) is 4.79 Å². The first kappa shape index (κ1) is 15.0. The van der Waals surface area contributed by atoms with Gasteiger partial charge in [0.15, 0.2) is 0 Å². The standard InChI is InChI=1S/C16H22O4/c1-10(7-13(18)19)5-6-16(20)14(2,3)9-12(17)11-8-15(11,16)4/h5-7,11,20H,8-9H2,1-4H3,(H,18,19)/b6-5+,10-7-/t11-,15-,16+/m0/s1. The molecule has 0 spiro atoms. The van der Waals surface area contributed by atoms with Gasteiger partial charge in [-0.2, -0.15) is 0 Å². The van der Waals surface area contributed by atoms with E-state index in [0.29, 0.717) is 18.4 Å². The number of hydrogen-bond donors (Lipinski definition) is 2. The van der Waals surface area contributed by atoms with Crippen LogP contribution in [0.3, 0.4) is 0 Å². The average Bonchev–Trinajstić information content (AvgIpc) is 2.97. The molecule has 2 fully saturated rings. The van der Waals surface area contributed by atoms with Crippen LogP contribution in [0.5, 0.6) is 0 Å². The molecule has 2 aliphatic rings. The Bertz CT molecular complexity index is 522. The molecule has 4 nitrogen and oxygen atoms in total. The van der Waals surface area contributed by atoms with E-state index in [1.807, 2.05) is 20.8 Å².